The van der Waals surface area contributed by atoms with Gasteiger partial charge in [0.1, 0.15) is 13.2 Å². The molecule has 28 heavy (non-hydrogen) atoms. The number of ether oxygens (including phenoxy) is 5. The Morgan fingerprint density at radius 3 is 2.29 bits per heavy atom. The van der Waals surface area contributed by atoms with Crippen LogP contribution in [0.5, 0.6) is 0 Å². The number of carbonyl (C=O) groups excluding carboxylic acids is 4. The summed E-state index contributed by atoms with van der Waals surface area (Å²) in [5.74, 6) is -0.880. The van der Waals surface area contributed by atoms with Gasteiger partial charge >= 0.3 is 24.1 Å². The number of hydrogen-bond acceptors (Lipinski definition) is 9. The van der Waals surface area contributed by atoms with Crippen molar-refractivity contribution < 1.29 is 42.9 Å². The van der Waals surface area contributed by atoms with Gasteiger partial charge in [-0.25, -0.2) is 9.59 Å². The van der Waals surface area contributed by atoms with Gasteiger partial charge in [-0.15, -0.1) is 0 Å². The van der Waals surface area contributed by atoms with Gasteiger partial charge in [-0.3, -0.25) is 9.59 Å². The van der Waals surface area contributed by atoms with E-state index in [4.69, 9.17) is 23.7 Å². The van der Waals surface area contributed by atoms with Crippen LogP contribution in [0, 0.1) is 11.8 Å². The molecule has 156 valence electrons. The van der Waals surface area contributed by atoms with E-state index in [0.29, 0.717) is 11.5 Å². The fourth-order valence-corrected chi connectivity index (χ4v) is 3.30. The molecule has 1 saturated carbocycles. The molecule has 4 unspecified atom stereocenters. The molecule has 0 aromatic carbocycles. The first-order valence-electron chi connectivity index (χ1n) is 9.31. The van der Waals surface area contributed by atoms with E-state index in [1.807, 2.05) is 6.08 Å². The van der Waals surface area contributed by atoms with Crippen LogP contribution in [-0.4, -0.2) is 49.7 Å². The molecule has 0 saturated heterocycles. The predicted molar refractivity (Wildman–Crippen MR) is 93.7 cm³/mol. The van der Waals surface area contributed by atoms with Gasteiger partial charge in [0.2, 0.25) is 6.29 Å². The molecule has 0 bridgehead atoms. The lowest BCUT2D eigenvalue weighted by atomic mass is 9.65. The summed E-state index contributed by atoms with van der Waals surface area (Å²) in [6.07, 6.45) is 2.75. The minimum atomic E-state index is -1.14. The van der Waals surface area contributed by atoms with Crippen molar-refractivity contribution in [3.8, 4) is 0 Å². The number of fused-ring (bicyclic) bond motifs is 1. The summed E-state index contributed by atoms with van der Waals surface area (Å²) >= 11 is 0. The SMILES string of the molecule is CC(=O)OCC(COC(=O)OC(C)OC(=O)C1=CCCC2CCC12)OC(C)=O. The normalized spacial score (nSPS) is 22.3. The summed E-state index contributed by atoms with van der Waals surface area (Å²) in [6.45, 7) is 3.14. The molecule has 2 aliphatic carbocycles. The molecular formula is C19H26O9. The number of allylic oxidation sites excluding steroid dienone is 1. The Bertz CT molecular complexity index is 639. The third-order valence-corrected chi connectivity index (χ3v) is 4.68. The maximum Gasteiger partial charge on any atom is 0.511 e. The first-order valence-corrected chi connectivity index (χ1v) is 9.31. The predicted octanol–water partition coefficient (Wildman–Crippen LogP) is 2.27. The molecule has 1 fully saturated rings. The third-order valence-electron chi connectivity index (χ3n) is 4.68. The van der Waals surface area contributed by atoms with Crippen molar-refractivity contribution in [3.05, 3.63) is 11.6 Å². The van der Waals surface area contributed by atoms with Crippen LogP contribution in [0.4, 0.5) is 4.79 Å². The van der Waals surface area contributed by atoms with Crippen molar-refractivity contribution in [1.29, 1.82) is 0 Å². The molecule has 9 heteroatoms. The zero-order chi connectivity index (χ0) is 20.7. The van der Waals surface area contributed by atoms with Crippen molar-refractivity contribution in [2.45, 2.75) is 58.8 Å². The summed E-state index contributed by atoms with van der Waals surface area (Å²) in [5.41, 5.74) is 0.655. The summed E-state index contributed by atoms with van der Waals surface area (Å²) in [4.78, 5) is 46.0. The van der Waals surface area contributed by atoms with Crippen molar-refractivity contribution >= 4 is 24.1 Å². The van der Waals surface area contributed by atoms with E-state index in [-0.39, 0.29) is 19.1 Å². The van der Waals surface area contributed by atoms with E-state index in [1.165, 1.54) is 20.8 Å². The second kappa shape index (κ2) is 10.1. The van der Waals surface area contributed by atoms with Gasteiger partial charge in [-0.2, -0.15) is 0 Å². The van der Waals surface area contributed by atoms with Crippen molar-refractivity contribution in [2.75, 3.05) is 13.2 Å². The van der Waals surface area contributed by atoms with Crippen LogP contribution in [0.15, 0.2) is 11.6 Å². The Morgan fingerprint density at radius 2 is 1.68 bits per heavy atom. The topological polar surface area (TPSA) is 114 Å². The van der Waals surface area contributed by atoms with E-state index in [2.05, 4.69) is 0 Å². The summed E-state index contributed by atoms with van der Waals surface area (Å²) in [5, 5.41) is 0. The first-order chi connectivity index (χ1) is 13.3. The summed E-state index contributed by atoms with van der Waals surface area (Å²) < 4.78 is 24.5. The third kappa shape index (κ3) is 6.54. The molecule has 0 heterocycles. The lowest BCUT2D eigenvalue weighted by Crippen LogP contribution is -2.35. The second-order valence-electron chi connectivity index (χ2n) is 6.87. The number of carbonyl (C=O) groups is 4. The van der Waals surface area contributed by atoms with Gasteiger partial charge in [0.25, 0.3) is 0 Å². The molecule has 0 N–H and O–H groups in total. The quantitative estimate of drug-likeness (QED) is 0.345. The molecule has 0 spiro atoms. The van der Waals surface area contributed by atoms with Crippen LogP contribution in [-0.2, 0) is 38.1 Å². The Labute approximate surface area is 163 Å². The lowest BCUT2D eigenvalue weighted by molar-refractivity contribution is -0.168. The van der Waals surface area contributed by atoms with Crippen LogP contribution in [0.1, 0.15) is 46.5 Å². The highest BCUT2D eigenvalue weighted by atomic mass is 16.8. The number of esters is 3. The minimum Gasteiger partial charge on any atom is -0.462 e. The van der Waals surface area contributed by atoms with E-state index in [9.17, 15) is 19.2 Å². The maximum absolute atomic E-state index is 12.3. The van der Waals surface area contributed by atoms with Crippen molar-refractivity contribution in [3.63, 3.8) is 0 Å². The van der Waals surface area contributed by atoms with Crippen molar-refractivity contribution in [1.82, 2.24) is 0 Å². The standard InChI is InChI=1S/C19H26O9/c1-11(20)24-9-15(26-12(2)21)10-25-19(23)28-13(3)27-18(22)17-6-4-5-14-7-8-16(14)17/h6,13-16H,4-5,7-10H2,1-3H3. The highest BCUT2D eigenvalue weighted by Gasteiger charge is 2.39. The fourth-order valence-electron chi connectivity index (χ4n) is 3.30. The van der Waals surface area contributed by atoms with E-state index in [0.717, 1.165) is 25.7 Å². The highest BCUT2D eigenvalue weighted by Crippen LogP contribution is 2.45. The highest BCUT2D eigenvalue weighted by molar-refractivity contribution is 5.89. The lowest BCUT2D eigenvalue weighted by Gasteiger charge is -2.40. The van der Waals surface area contributed by atoms with Crippen LogP contribution >= 0.6 is 0 Å². The van der Waals surface area contributed by atoms with Gasteiger partial charge < -0.3 is 23.7 Å². The zero-order valence-electron chi connectivity index (χ0n) is 16.3. The molecule has 4 atom stereocenters. The average molecular weight is 398 g/mol. The van der Waals surface area contributed by atoms with Crippen molar-refractivity contribution in [2.24, 2.45) is 11.8 Å². The second-order valence-corrected chi connectivity index (χ2v) is 6.87. The number of hydrogen-bond donors (Lipinski definition) is 0. The van der Waals surface area contributed by atoms with Gasteiger partial charge in [0, 0.05) is 26.3 Å². The number of rotatable bonds is 8. The Balaban J connectivity index is 1.74. The van der Waals surface area contributed by atoms with Gasteiger partial charge in [-0.1, -0.05) is 6.08 Å². The molecule has 9 nitrogen and oxygen atoms in total. The molecule has 0 aliphatic heterocycles. The summed E-state index contributed by atoms with van der Waals surface area (Å²) in [6, 6.07) is 0. The van der Waals surface area contributed by atoms with Crippen LogP contribution in [0.3, 0.4) is 0 Å². The Kier molecular flexibility index (Phi) is 7.83. The molecule has 2 aliphatic rings. The van der Waals surface area contributed by atoms with Crippen LogP contribution in [0.25, 0.3) is 0 Å². The molecule has 0 radical (unpaired) electrons. The average Bonchev–Trinajstić information content (AvgIpc) is 2.57. The van der Waals surface area contributed by atoms with E-state index in [1.54, 1.807) is 0 Å². The smallest absolute Gasteiger partial charge is 0.462 e. The van der Waals surface area contributed by atoms with Crippen LogP contribution < -0.4 is 0 Å². The molecule has 0 aromatic rings. The fraction of sp³-hybridized carbons (Fsp3) is 0.684. The molecule has 0 aromatic heterocycles. The largest absolute Gasteiger partial charge is 0.511 e. The van der Waals surface area contributed by atoms with E-state index >= 15 is 0 Å². The zero-order valence-corrected chi connectivity index (χ0v) is 16.3. The van der Waals surface area contributed by atoms with Gasteiger partial charge in [0.15, 0.2) is 6.10 Å². The Hall–Kier alpha value is -2.58. The van der Waals surface area contributed by atoms with Gasteiger partial charge in [-0.05, 0) is 37.5 Å². The molecule has 2 rings (SSSR count). The molecular weight excluding hydrogens is 372 g/mol. The maximum atomic E-state index is 12.3. The Morgan fingerprint density at radius 1 is 0.964 bits per heavy atom. The monoisotopic (exact) mass is 398 g/mol. The van der Waals surface area contributed by atoms with Gasteiger partial charge in [0.05, 0.1) is 0 Å². The van der Waals surface area contributed by atoms with E-state index < -0.39 is 36.5 Å². The molecule has 0 amide bonds. The first kappa shape index (κ1) is 21.7. The minimum absolute atomic E-state index is 0.242. The summed E-state index contributed by atoms with van der Waals surface area (Å²) in [7, 11) is 0. The van der Waals surface area contributed by atoms with Crippen LogP contribution in [0.2, 0.25) is 0 Å².